The minimum Gasteiger partial charge on any atom is -0.349 e. The number of nitrogens with one attached hydrogen (secondary N) is 2. The maximum absolute atomic E-state index is 12.2. The molecule has 1 amide bonds. The van der Waals surface area contributed by atoms with Crippen molar-refractivity contribution in [3.05, 3.63) is 29.8 Å². The number of rotatable bonds is 4. The standard InChI is InChI=1S/C15H22N2O3S/c1-10(17-15(18)14-8-9-16-11(14)2)12-4-6-13(7-5-12)21(3,19)20/h4-7,10-11,14,16H,8-9H2,1-3H3,(H,17,18). The molecule has 116 valence electrons. The summed E-state index contributed by atoms with van der Waals surface area (Å²) in [5, 5.41) is 6.26. The van der Waals surface area contributed by atoms with Gasteiger partial charge in [0, 0.05) is 12.3 Å². The van der Waals surface area contributed by atoms with Gasteiger partial charge in [-0.05, 0) is 44.5 Å². The molecule has 2 rings (SSSR count). The molecule has 6 heteroatoms. The molecular formula is C15H22N2O3S. The number of carbonyl (C=O) groups excluding carboxylic acids is 1. The summed E-state index contributed by atoms with van der Waals surface area (Å²) < 4.78 is 22.9. The molecule has 3 unspecified atom stereocenters. The number of sulfone groups is 1. The molecule has 21 heavy (non-hydrogen) atoms. The zero-order valence-corrected chi connectivity index (χ0v) is 13.4. The predicted octanol–water partition coefficient (Wildman–Crippen LogP) is 1.27. The van der Waals surface area contributed by atoms with Crippen molar-refractivity contribution in [3.8, 4) is 0 Å². The highest BCUT2D eigenvalue weighted by molar-refractivity contribution is 7.90. The van der Waals surface area contributed by atoms with Crippen molar-refractivity contribution in [2.24, 2.45) is 5.92 Å². The molecule has 0 spiro atoms. The van der Waals surface area contributed by atoms with E-state index in [1.165, 1.54) is 6.26 Å². The third kappa shape index (κ3) is 3.83. The Balaban J connectivity index is 2.03. The van der Waals surface area contributed by atoms with Crippen LogP contribution in [0.25, 0.3) is 0 Å². The van der Waals surface area contributed by atoms with Crippen LogP contribution >= 0.6 is 0 Å². The van der Waals surface area contributed by atoms with Gasteiger partial charge >= 0.3 is 0 Å². The van der Waals surface area contributed by atoms with E-state index in [9.17, 15) is 13.2 Å². The van der Waals surface area contributed by atoms with Crippen LogP contribution in [0.1, 0.15) is 31.9 Å². The third-order valence-electron chi connectivity index (χ3n) is 4.03. The van der Waals surface area contributed by atoms with Crippen molar-refractivity contribution in [2.45, 2.75) is 37.2 Å². The number of carbonyl (C=O) groups is 1. The van der Waals surface area contributed by atoms with E-state index in [2.05, 4.69) is 10.6 Å². The van der Waals surface area contributed by atoms with Gasteiger partial charge < -0.3 is 10.6 Å². The molecule has 0 radical (unpaired) electrons. The Hall–Kier alpha value is -1.40. The van der Waals surface area contributed by atoms with E-state index in [0.717, 1.165) is 18.5 Å². The molecule has 1 aromatic rings. The molecule has 0 aliphatic carbocycles. The molecule has 1 aliphatic heterocycles. The zero-order chi connectivity index (χ0) is 15.6. The quantitative estimate of drug-likeness (QED) is 0.878. The number of benzene rings is 1. The lowest BCUT2D eigenvalue weighted by Crippen LogP contribution is -2.37. The Morgan fingerprint density at radius 2 is 1.95 bits per heavy atom. The molecule has 0 aromatic heterocycles. The van der Waals surface area contributed by atoms with E-state index < -0.39 is 9.84 Å². The lowest BCUT2D eigenvalue weighted by atomic mass is 10.00. The maximum atomic E-state index is 12.2. The summed E-state index contributed by atoms with van der Waals surface area (Å²) >= 11 is 0. The average Bonchev–Trinajstić information content (AvgIpc) is 2.84. The highest BCUT2D eigenvalue weighted by Gasteiger charge is 2.30. The molecule has 0 saturated carbocycles. The Bertz CT molecular complexity index is 610. The number of hydrogen-bond donors (Lipinski definition) is 2. The van der Waals surface area contributed by atoms with Crippen LogP contribution in [0.3, 0.4) is 0 Å². The van der Waals surface area contributed by atoms with Gasteiger partial charge in [0.15, 0.2) is 9.84 Å². The van der Waals surface area contributed by atoms with Gasteiger partial charge in [0.1, 0.15) is 0 Å². The highest BCUT2D eigenvalue weighted by atomic mass is 32.2. The van der Waals surface area contributed by atoms with Gasteiger partial charge in [0.05, 0.1) is 16.9 Å². The van der Waals surface area contributed by atoms with Gasteiger partial charge in [-0.3, -0.25) is 4.79 Å². The van der Waals surface area contributed by atoms with Crippen LogP contribution in [0, 0.1) is 5.92 Å². The molecule has 1 heterocycles. The van der Waals surface area contributed by atoms with Gasteiger partial charge in [-0.2, -0.15) is 0 Å². The second-order valence-electron chi connectivity index (χ2n) is 5.71. The minimum absolute atomic E-state index is 0.00254. The first-order valence-corrected chi connectivity index (χ1v) is 9.02. The highest BCUT2D eigenvalue weighted by Crippen LogP contribution is 2.19. The summed E-state index contributed by atoms with van der Waals surface area (Å²) in [6, 6.07) is 6.71. The van der Waals surface area contributed by atoms with Crippen LogP contribution in [0.2, 0.25) is 0 Å². The van der Waals surface area contributed by atoms with E-state index >= 15 is 0 Å². The summed E-state index contributed by atoms with van der Waals surface area (Å²) in [4.78, 5) is 12.5. The molecule has 5 nitrogen and oxygen atoms in total. The van der Waals surface area contributed by atoms with E-state index in [0.29, 0.717) is 4.90 Å². The van der Waals surface area contributed by atoms with Crippen LogP contribution in [-0.4, -0.2) is 33.2 Å². The maximum Gasteiger partial charge on any atom is 0.225 e. The summed E-state index contributed by atoms with van der Waals surface area (Å²) in [6.07, 6.45) is 2.04. The molecule has 1 aromatic carbocycles. The molecule has 3 atom stereocenters. The van der Waals surface area contributed by atoms with Crippen molar-refractivity contribution in [1.29, 1.82) is 0 Å². The van der Waals surface area contributed by atoms with E-state index in [1.54, 1.807) is 24.3 Å². The normalized spacial score (nSPS) is 23.8. The van der Waals surface area contributed by atoms with E-state index in [1.807, 2.05) is 13.8 Å². The fourth-order valence-corrected chi connectivity index (χ4v) is 3.25. The molecule has 1 aliphatic rings. The Morgan fingerprint density at radius 3 is 2.43 bits per heavy atom. The number of hydrogen-bond acceptors (Lipinski definition) is 4. The van der Waals surface area contributed by atoms with Crippen molar-refractivity contribution in [2.75, 3.05) is 12.8 Å². The molecular weight excluding hydrogens is 288 g/mol. The van der Waals surface area contributed by atoms with Crippen LogP contribution in [0.4, 0.5) is 0 Å². The fraction of sp³-hybridized carbons (Fsp3) is 0.533. The smallest absolute Gasteiger partial charge is 0.225 e. The van der Waals surface area contributed by atoms with Gasteiger partial charge in [0.2, 0.25) is 5.91 Å². The van der Waals surface area contributed by atoms with Crippen LogP contribution in [-0.2, 0) is 14.6 Å². The molecule has 1 saturated heterocycles. The lowest BCUT2D eigenvalue weighted by molar-refractivity contribution is -0.125. The van der Waals surface area contributed by atoms with Gasteiger partial charge in [-0.15, -0.1) is 0 Å². The minimum atomic E-state index is -3.18. The first-order chi connectivity index (χ1) is 9.79. The van der Waals surface area contributed by atoms with Gasteiger partial charge in [0.25, 0.3) is 0 Å². The Kier molecular flexibility index (Phi) is 4.68. The van der Waals surface area contributed by atoms with Crippen molar-refractivity contribution >= 4 is 15.7 Å². The molecule has 1 fully saturated rings. The van der Waals surface area contributed by atoms with Crippen LogP contribution < -0.4 is 10.6 Å². The Labute approximate surface area is 126 Å². The second-order valence-corrected chi connectivity index (χ2v) is 7.73. The summed E-state index contributed by atoms with van der Waals surface area (Å²) in [7, 11) is -3.18. The summed E-state index contributed by atoms with van der Waals surface area (Å²) in [5.41, 5.74) is 0.898. The first kappa shape index (κ1) is 16.0. The Morgan fingerprint density at radius 1 is 1.33 bits per heavy atom. The van der Waals surface area contributed by atoms with Crippen LogP contribution in [0.15, 0.2) is 29.2 Å². The topological polar surface area (TPSA) is 75.3 Å². The zero-order valence-electron chi connectivity index (χ0n) is 12.6. The monoisotopic (exact) mass is 310 g/mol. The summed E-state index contributed by atoms with van der Waals surface area (Å²) in [5.74, 6) is 0.0509. The average molecular weight is 310 g/mol. The summed E-state index contributed by atoms with van der Waals surface area (Å²) in [6.45, 7) is 4.79. The third-order valence-corrected chi connectivity index (χ3v) is 5.16. The predicted molar refractivity (Wildman–Crippen MR) is 81.7 cm³/mol. The largest absolute Gasteiger partial charge is 0.349 e. The van der Waals surface area contributed by atoms with Gasteiger partial charge in [-0.25, -0.2) is 8.42 Å². The fourth-order valence-electron chi connectivity index (χ4n) is 2.62. The molecule has 0 bridgehead atoms. The van der Waals surface area contributed by atoms with Crippen molar-refractivity contribution in [3.63, 3.8) is 0 Å². The van der Waals surface area contributed by atoms with E-state index in [4.69, 9.17) is 0 Å². The van der Waals surface area contributed by atoms with Gasteiger partial charge in [-0.1, -0.05) is 12.1 Å². The van der Waals surface area contributed by atoms with Crippen molar-refractivity contribution in [1.82, 2.24) is 10.6 Å². The van der Waals surface area contributed by atoms with E-state index in [-0.39, 0.29) is 23.9 Å². The van der Waals surface area contributed by atoms with Crippen molar-refractivity contribution < 1.29 is 13.2 Å². The number of amides is 1. The lowest BCUT2D eigenvalue weighted by Gasteiger charge is -2.20. The first-order valence-electron chi connectivity index (χ1n) is 7.13. The second kappa shape index (κ2) is 6.15. The van der Waals surface area contributed by atoms with Crippen LogP contribution in [0.5, 0.6) is 0 Å². The molecule has 2 N–H and O–H groups in total. The SMILES string of the molecule is CC(NC(=O)C1CCNC1C)c1ccc(S(C)(=O)=O)cc1.